The number of rotatable bonds is 4. The number of aromatic nitrogens is 1. The number of pyridine rings is 1. The fraction of sp³-hybridized carbons (Fsp3) is 0.0417. The standard InChI is InChI=1S/C24H15ClN4O3S2/c25-17-7-3-1-5-15(17)13-28-18-8-4-2-6-16(18)19(22(28)31)20-23(32)29(24(33)34-20)27-21(30)14-9-11-26-12-10-14/h1-12H,13H2,(H,27,30)/b20-19+. The summed E-state index contributed by atoms with van der Waals surface area (Å²) in [6.45, 7) is 0.248. The Labute approximate surface area is 209 Å². The second-order valence-electron chi connectivity index (χ2n) is 7.39. The van der Waals surface area contributed by atoms with Crippen molar-refractivity contribution in [3.63, 3.8) is 0 Å². The monoisotopic (exact) mass is 506 g/mol. The minimum Gasteiger partial charge on any atom is -0.303 e. The lowest BCUT2D eigenvalue weighted by atomic mass is 10.1. The number of carbonyl (C=O) groups is 3. The Bertz CT molecular complexity index is 1390. The van der Waals surface area contributed by atoms with Crippen LogP contribution in [0.4, 0.5) is 5.69 Å². The summed E-state index contributed by atoms with van der Waals surface area (Å²) in [6, 6.07) is 17.6. The van der Waals surface area contributed by atoms with Gasteiger partial charge in [-0.05, 0) is 42.0 Å². The van der Waals surface area contributed by atoms with E-state index in [0.29, 0.717) is 21.8 Å². The lowest BCUT2D eigenvalue weighted by Gasteiger charge is -2.18. The van der Waals surface area contributed by atoms with Gasteiger partial charge in [-0.25, -0.2) is 0 Å². The van der Waals surface area contributed by atoms with Crippen LogP contribution in [0, 0.1) is 0 Å². The van der Waals surface area contributed by atoms with Gasteiger partial charge in [-0.15, -0.1) is 0 Å². The predicted octanol–water partition coefficient (Wildman–Crippen LogP) is 4.20. The molecule has 0 bridgehead atoms. The summed E-state index contributed by atoms with van der Waals surface area (Å²) in [5, 5.41) is 1.55. The first-order valence-electron chi connectivity index (χ1n) is 10.1. The van der Waals surface area contributed by atoms with Crippen molar-refractivity contribution in [1.29, 1.82) is 0 Å². The van der Waals surface area contributed by atoms with E-state index in [1.54, 1.807) is 23.1 Å². The van der Waals surface area contributed by atoms with Gasteiger partial charge in [0.2, 0.25) is 0 Å². The molecule has 5 rings (SSSR count). The summed E-state index contributed by atoms with van der Waals surface area (Å²) in [7, 11) is 0. The highest BCUT2D eigenvalue weighted by atomic mass is 35.5. The number of thiocarbonyl (C=S) groups is 1. The number of carbonyl (C=O) groups excluding carboxylic acids is 3. The lowest BCUT2D eigenvalue weighted by Crippen LogP contribution is -2.45. The van der Waals surface area contributed by atoms with E-state index >= 15 is 0 Å². The summed E-state index contributed by atoms with van der Waals surface area (Å²) < 4.78 is 0.129. The van der Waals surface area contributed by atoms with Crippen LogP contribution < -0.4 is 10.3 Å². The van der Waals surface area contributed by atoms with Crippen LogP contribution in [0.25, 0.3) is 5.57 Å². The molecule has 10 heteroatoms. The van der Waals surface area contributed by atoms with E-state index in [0.717, 1.165) is 22.3 Å². The fourth-order valence-corrected chi connectivity index (χ4v) is 5.18. The first-order chi connectivity index (χ1) is 16.5. The van der Waals surface area contributed by atoms with Crippen LogP contribution >= 0.6 is 35.6 Å². The van der Waals surface area contributed by atoms with Crippen molar-refractivity contribution >= 4 is 68.9 Å². The molecule has 0 saturated carbocycles. The zero-order valence-corrected chi connectivity index (χ0v) is 19.8. The van der Waals surface area contributed by atoms with Crippen molar-refractivity contribution < 1.29 is 14.4 Å². The van der Waals surface area contributed by atoms with Gasteiger partial charge in [-0.3, -0.25) is 24.8 Å². The van der Waals surface area contributed by atoms with Crippen LogP contribution in [0.2, 0.25) is 5.02 Å². The minimum absolute atomic E-state index is 0.129. The molecular formula is C24H15ClN4O3S2. The molecule has 0 radical (unpaired) electrons. The zero-order chi connectivity index (χ0) is 23.8. The summed E-state index contributed by atoms with van der Waals surface area (Å²) in [5.41, 5.74) is 5.18. The van der Waals surface area contributed by atoms with E-state index in [1.165, 1.54) is 24.5 Å². The van der Waals surface area contributed by atoms with Gasteiger partial charge >= 0.3 is 0 Å². The number of nitrogens with one attached hydrogen (secondary N) is 1. The molecule has 3 aromatic rings. The van der Waals surface area contributed by atoms with Gasteiger partial charge in [0.15, 0.2) is 4.32 Å². The predicted molar refractivity (Wildman–Crippen MR) is 135 cm³/mol. The molecule has 1 aromatic heterocycles. The molecular weight excluding hydrogens is 492 g/mol. The smallest absolute Gasteiger partial charge is 0.286 e. The fourth-order valence-electron chi connectivity index (χ4n) is 3.74. The molecule has 3 amide bonds. The topological polar surface area (TPSA) is 82.6 Å². The quantitative estimate of drug-likeness (QED) is 0.422. The normalized spacial score (nSPS) is 17.4. The van der Waals surface area contributed by atoms with Crippen molar-refractivity contribution in [3.8, 4) is 0 Å². The van der Waals surface area contributed by atoms with Crippen LogP contribution in [-0.4, -0.2) is 32.0 Å². The van der Waals surface area contributed by atoms with Crippen molar-refractivity contribution in [2.75, 3.05) is 4.90 Å². The van der Waals surface area contributed by atoms with Gasteiger partial charge in [0.1, 0.15) is 0 Å². The Hall–Kier alpha value is -3.53. The second-order valence-corrected chi connectivity index (χ2v) is 9.44. The van der Waals surface area contributed by atoms with Gasteiger partial charge in [0.05, 0.1) is 22.7 Å². The largest absolute Gasteiger partial charge is 0.303 e. The molecule has 3 heterocycles. The molecule has 0 atom stereocenters. The van der Waals surface area contributed by atoms with Gasteiger partial charge < -0.3 is 4.90 Å². The van der Waals surface area contributed by atoms with Gasteiger partial charge in [0.25, 0.3) is 17.7 Å². The maximum Gasteiger partial charge on any atom is 0.286 e. The molecule has 0 spiro atoms. The Morgan fingerprint density at radius 1 is 1.00 bits per heavy atom. The summed E-state index contributed by atoms with van der Waals surface area (Å²) in [4.78, 5) is 45.1. The van der Waals surface area contributed by atoms with Crippen molar-refractivity contribution in [1.82, 2.24) is 15.4 Å². The Balaban J connectivity index is 1.49. The molecule has 2 aromatic carbocycles. The maximum atomic E-state index is 13.6. The van der Waals surface area contributed by atoms with Crippen LogP contribution in [-0.2, 0) is 16.1 Å². The Morgan fingerprint density at radius 3 is 2.47 bits per heavy atom. The molecule has 1 fully saturated rings. The van der Waals surface area contributed by atoms with E-state index in [1.807, 2.05) is 30.3 Å². The van der Waals surface area contributed by atoms with E-state index in [4.69, 9.17) is 23.8 Å². The third-order valence-electron chi connectivity index (χ3n) is 5.36. The summed E-state index contributed by atoms with van der Waals surface area (Å²) >= 11 is 12.7. The number of halogens is 1. The SMILES string of the molecule is O=C(NN1C(=O)/C(=C2\C(=O)N(Cc3ccccc3Cl)c3ccccc32)SC1=S)c1ccncc1. The van der Waals surface area contributed by atoms with E-state index in [-0.39, 0.29) is 27.3 Å². The summed E-state index contributed by atoms with van der Waals surface area (Å²) in [5.74, 6) is -1.40. The highest BCUT2D eigenvalue weighted by molar-refractivity contribution is 8.26. The van der Waals surface area contributed by atoms with Crippen molar-refractivity contribution in [2.45, 2.75) is 6.54 Å². The number of nitrogens with zero attached hydrogens (tertiary/aromatic N) is 3. The number of hydrogen-bond acceptors (Lipinski definition) is 6. The number of hydrazine groups is 1. The molecule has 2 aliphatic heterocycles. The first-order valence-corrected chi connectivity index (χ1v) is 11.7. The third kappa shape index (κ3) is 3.87. The highest BCUT2D eigenvalue weighted by Crippen LogP contribution is 2.44. The van der Waals surface area contributed by atoms with E-state index in [2.05, 4.69) is 10.4 Å². The van der Waals surface area contributed by atoms with Crippen molar-refractivity contribution in [2.24, 2.45) is 0 Å². The number of para-hydroxylation sites is 1. The molecule has 34 heavy (non-hydrogen) atoms. The lowest BCUT2D eigenvalue weighted by molar-refractivity contribution is -0.124. The molecule has 168 valence electrons. The number of anilines is 1. The number of amides is 3. The van der Waals surface area contributed by atoms with Gasteiger partial charge in [0, 0.05) is 28.5 Å². The van der Waals surface area contributed by atoms with E-state index in [9.17, 15) is 14.4 Å². The number of hydrogen-bond donors (Lipinski definition) is 1. The molecule has 1 N–H and O–H groups in total. The Morgan fingerprint density at radius 2 is 1.71 bits per heavy atom. The first kappa shape index (κ1) is 22.3. The number of benzene rings is 2. The van der Waals surface area contributed by atoms with Crippen LogP contribution in [0.3, 0.4) is 0 Å². The average Bonchev–Trinajstić information content (AvgIpc) is 3.28. The Kier molecular flexibility index (Phi) is 5.91. The van der Waals surface area contributed by atoms with Crippen LogP contribution in [0.15, 0.2) is 78.0 Å². The molecule has 2 aliphatic rings. The molecule has 1 saturated heterocycles. The number of thioether (sulfide) groups is 1. The third-order valence-corrected chi connectivity index (χ3v) is 7.10. The highest BCUT2D eigenvalue weighted by Gasteiger charge is 2.42. The molecule has 7 nitrogen and oxygen atoms in total. The second kappa shape index (κ2) is 9.02. The van der Waals surface area contributed by atoms with Gasteiger partial charge in [-0.1, -0.05) is 59.8 Å². The summed E-state index contributed by atoms with van der Waals surface area (Å²) in [6.07, 6.45) is 2.95. The van der Waals surface area contributed by atoms with Crippen molar-refractivity contribution in [3.05, 3.63) is 99.7 Å². The minimum atomic E-state index is -0.560. The maximum absolute atomic E-state index is 13.6. The molecule has 0 aliphatic carbocycles. The number of fused-ring (bicyclic) bond motifs is 1. The zero-order valence-electron chi connectivity index (χ0n) is 17.4. The molecule has 0 unspecified atom stereocenters. The van der Waals surface area contributed by atoms with E-state index < -0.39 is 11.8 Å². The average molecular weight is 507 g/mol. The van der Waals surface area contributed by atoms with Gasteiger partial charge in [-0.2, -0.15) is 5.01 Å². The van der Waals surface area contributed by atoms with Crippen LogP contribution in [0.5, 0.6) is 0 Å². The van der Waals surface area contributed by atoms with Crippen LogP contribution in [0.1, 0.15) is 21.5 Å².